The number of nitrogens with zero attached hydrogens (tertiary/aromatic N) is 3. The number of furan rings is 1. The van der Waals surface area contributed by atoms with Gasteiger partial charge < -0.3 is 14.2 Å². The number of likely N-dealkylation sites (N-methyl/N-ethyl adjacent to an activating group) is 1. The largest absolute Gasteiger partial charge is 0.464 e. The van der Waals surface area contributed by atoms with E-state index < -0.39 is 0 Å². The number of aryl methyl sites for hydroxylation is 1. The minimum absolute atomic E-state index is 0.154. The number of carbonyl (C=O) groups excluding carboxylic acids is 1. The van der Waals surface area contributed by atoms with Crippen LogP contribution in [0.2, 0.25) is 10.2 Å². The van der Waals surface area contributed by atoms with Gasteiger partial charge in [0.25, 0.3) is 5.91 Å². The summed E-state index contributed by atoms with van der Waals surface area (Å²) in [7, 11) is 3.90. The van der Waals surface area contributed by atoms with Gasteiger partial charge in [-0.25, -0.2) is 4.98 Å². The molecule has 0 spiro atoms. The first-order valence-electron chi connectivity index (χ1n) is 7.18. The Balaban J connectivity index is 2.24. The molecule has 0 bridgehead atoms. The number of hydrogen-bond donors (Lipinski definition) is 0. The van der Waals surface area contributed by atoms with E-state index in [0.717, 1.165) is 5.76 Å². The Morgan fingerprint density at radius 3 is 2.52 bits per heavy atom. The maximum Gasteiger partial charge on any atom is 0.274 e. The van der Waals surface area contributed by atoms with Crippen LogP contribution in [0.5, 0.6) is 0 Å². The van der Waals surface area contributed by atoms with Gasteiger partial charge in [-0.1, -0.05) is 23.2 Å². The number of amides is 1. The summed E-state index contributed by atoms with van der Waals surface area (Å²) >= 11 is 12.0. The van der Waals surface area contributed by atoms with Crippen LogP contribution in [0.25, 0.3) is 0 Å². The van der Waals surface area contributed by atoms with Crippen molar-refractivity contribution in [3.63, 3.8) is 0 Å². The van der Waals surface area contributed by atoms with E-state index in [1.807, 2.05) is 38.1 Å². The van der Waals surface area contributed by atoms with Crippen LogP contribution in [0.3, 0.4) is 0 Å². The molecule has 0 aliphatic heterocycles. The Morgan fingerprint density at radius 1 is 1.17 bits per heavy atom. The molecule has 23 heavy (non-hydrogen) atoms. The molecule has 0 atom stereocenters. The highest BCUT2D eigenvalue weighted by atomic mass is 35.5. The zero-order valence-corrected chi connectivity index (χ0v) is 14.9. The summed E-state index contributed by atoms with van der Waals surface area (Å²) < 4.78 is 5.57. The van der Waals surface area contributed by atoms with Gasteiger partial charge in [0, 0.05) is 13.1 Å². The minimum atomic E-state index is -0.270. The summed E-state index contributed by atoms with van der Waals surface area (Å²) in [5.41, 5.74) is 0.154. The summed E-state index contributed by atoms with van der Waals surface area (Å²) in [6, 6.07) is 6.86. The van der Waals surface area contributed by atoms with Gasteiger partial charge in [-0.3, -0.25) is 4.79 Å². The average molecular weight is 356 g/mol. The lowest BCUT2D eigenvalue weighted by atomic mass is 10.3. The number of rotatable bonds is 6. The highest BCUT2D eigenvalue weighted by Gasteiger charge is 2.21. The predicted molar refractivity (Wildman–Crippen MR) is 91.0 cm³/mol. The second-order valence-electron chi connectivity index (χ2n) is 5.51. The smallest absolute Gasteiger partial charge is 0.274 e. The second kappa shape index (κ2) is 7.81. The molecule has 0 fully saturated rings. The molecule has 2 heterocycles. The molecule has 0 unspecified atom stereocenters. The maximum absolute atomic E-state index is 12.8. The molecular formula is C16H19Cl2N3O2. The van der Waals surface area contributed by atoms with E-state index in [4.69, 9.17) is 27.6 Å². The fourth-order valence-corrected chi connectivity index (χ4v) is 2.38. The molecule has 2 aromatic rings. The van der Waals surface area contributed by atoms with Gasteiger partial charge in [0.05, 0.1) is 11.6 Å². The van der Waals surface area contributed by atoms with Crippen LogP contribution in [0.1, 0.15) is 22.0 Å². The van der Waals surface area contributed by atoms with Crippen LogP contribution < -0.4 is 0 Å². The fraction of sp³-hybridized carbons (Fsp3) is 0.375. The van der Waals surface area contributed by atoms with Crippen LogP contribution >= 0.6 is 23.2 Å². The molecule has 0 aliphatic rings. The van der Waals surface area contributed by atoms with E-state index in [2.05, 4.69) is 4.98 Å². The van der Waals surface area contributed by atoms with Gasteiger partial charge in [-0.15, -0.1) is 0 Å². The maximum atomic E-state index is 12.8. The van der Waals surface area contributed by atoms with Crippen molar-refractivity contribution in [2.45, 2.75) is 13.5 Å². The minimum Gasteiger partial charge on any atom is -0.464 e. The molecule has 7 heteroatoms. The van der Waals surface area contributed by atoms with Crippen molar-refractivity contribution in [3.05, 3.63) is 51.7 Å². The zero-order chi connectivity index (χ0) is 17.0. The highest BCUT2D eigenvalue weighted by Crippen LogP contribution is 2.20. The van der Waals surface area contributed by atoms with E-state index in [1.165, 1.54) is 0 Å². The van der Waals surface area contributed by atoms with Crippen molar-refractivity contribution < 1.29 is 9.21 Å². The van der Waals surface area contributed by atoms with Gasteiger partial charge in [-0.05, 0) is 45.3 Å². The zero-order valence-electron chi connectivity index (χ0n) is 13.3. The average Bonchev–Trinajstić information content (AvgIpc) is 2.90. The summed E-state index contributed by atoms with van der Waals surface area (Å²) in [6.45, 7) is 3.45. The predicted octanol–water partition coefficient (Wildman–Crippen LogP) is 3.49. The molecule has 2 aromatic heterocycles. The molecule has 0 saturated carbocycles. The molecule has 0 saturated heterocycles. The third-order valence-corrected chi connectivity index (χ3v) is 3.78. The van der Waals surface area contributed by atoms with Crippen LogP contribution in [-0.4, -0.2) is 47.9 Å². The second-order valence-corrected chi connectivity index (χ2v) is 6.30. The summed E-state index contributed by atoms with van der Waals surface area (Å²) in [5, 5.41) is 0.518. The molecular weight excluding hydrogens is 337 g/mol. The van der Waals surface area contributed by atoms with Crippen LogP contribution in [0.4, 0.5) is 0 Å². The van der Waals surface area contributed by atoms with Gasteiger partial charge in [-0.2, -0.15) is 0 Å². The Morgan fingerprint density at radius 2 is 1.91 bits per heavy atom. The van der Waals surface area contributed by atoms with E-state index in [9.17, 15) is 4.79 Å². The monoisotopic (exact) mass is 355 g/mol. The van der Waals surface area contributed by atoms with Crippen molar-refractivity contribution in [1.29, 1.82) is 0 Å². The Kier molecular flexibility index (Phi) is 6.04. The third-order valence-electron chi connectivity index (χ3n) is 3.26. The Labute approximate surface area is 145 Å². The summed E-state index contributed by atoms with van der Waals surface area (Å²) in [4.78, 5) is 20.5. The van der Waals surface area contributed by atoms with Gasteiger partial charge in [0.1, 0.15) is 22.4 Å². The topological polar surface area (TPSA) is 49.6 Å². The lowest BCUT2D eigenvalue weighted by molar-refractivity contribution is 0.0713. The van der Waals surface area contributed by atoms with Gasteiger partial charge >= 0.3 is 0 Å². The Bertz CT molecular complexity index is 686. The van der Waals surface area contributed by atoms with Crippen LogP contribution in [0, 0.1) is 6.92 Å². The third kappa shape index (κ3) is 4.96. The first-order valence-corrected chi connectivity index (χ1v) is 7.94. The number of carbonyl (C=O) groups is 1. The lowest BCUT2D eigenvalue weighted by Crippen LogP contribution is -2.36. The normalized spacial score (nSPS) is 11.0. The van der Waals surface area contributed by atoms with E-state index in [-0.39, 0.29) is 21.8 Å². The molecule has 5 nitrogen and oxygen atoms in total. The van der Waals surface area contributed by atoms with Gasteiger partial charge in [0.15, 0.2) is 0 Å². The molecule has 2 rings (SSSR count). The number of hydrogen-bond acceptors (Lipinski definition) is 4. The SMILES string of the molecule is Cc1ccc(CN(CCN(C)C)C(=O)c2nc(Cl)ccc2Cl)o1. The molecule has 0 radical (unpaired) electrons. The van der Waals surface area contributed by atoms with Crippen LogP contribution in [-0.2, 0) is 6.54 Å². The van der Waals surface area contributed by atoms with E-state index in [0.29, 0.717) is 25.4 Å². The number of halogens is 2. The molecule has 124 valence electrons. The molecule has 0 aliphatic carbocycles. The van der Waals surface area contributed by atoms with Gasteiger partial charge in [0.2, 0.25) is 0 Å². The van der Waals surface area contributed by atoms with E-state index in [1.54, 1.807) is 17.0 Å². The van der Waals surface area contributed by atoms with Crippen molar-refractivity contribution in [2.75, 3.05) is 27.2 Å². The lowest BCUT2D eigenvalue weighted by Gasteiger charge is -2.23. The summed E-state index contributed by atoms with van der Waals surface area (Å²) in [5.74, 6) is 1.25. The molecule has 0 aromatic carbocycles. The summed E-state index contributed by atoms with van der Waals surface area (Å²) in [6.07, 6.45) is 0. The first-order chi connectivity index (χ1) is 10.9. The Hall–Kier alpha value is -1.56. The standard InChI is InChI=1S/C16H19Cl2N3O2/c1-11-4-5-12(23-11)10-21(9-8-20(2)3)16(22)15-13(17)6-7-14(18)19-15/h4-7H,8-10H2,1-3H3. The van der Waals surface area contributed by atoms with Crippen molar-refractivity contribution >= 4 is 29.1 Å². The van der Waals surface area contributed by atoms with E-state index >= 15 is 0 Å². The highest BCUT2D eigenvalue weighted by molar-refractivity contribution is 6.34. The van der Waals surface area contributed by atoms with Crippen molar-refractivity contribution in [1.82, 2.24) is 14.8 Å². The number of aromatic nitrogens is 1. The van der Waals surface area contributed by atoms with Crippen LogP contribution in [0.15, 0.2) is 28.7 Å². The quantitative estimate of drug-likeness (QED) is 0.744. The molecule has 0 N–H and O–H groups in total. The first kappa shape index (κ1) is 17.8. The number of pyridine rings is 1. The van der Waals surface area contributed by atoms with Crippen molar-refractivity contribution in [2.24, 2.45) is 0 Å². The molecule has 1 amide bonds. The fourth-order valence-electron chi connectivity index (χ4n) is 2.05. The van der Waals surface area contributed by atoms with Crippen molar-refractivity contribution in [3.8, 4) is 0 Å².